The third-order valence-corrected chi connectivity index (χ3v) is 7.41. The number of rotatable bonds is 30. The number of carbonyl (C=O) groups is 2. The number of carboxylic acids is 1. The summed E-state index contributed by atoms with van der Waals surface area (Å²) in [5.41, 5.74) is 0. The Bertz CT molecular complexity index is 595. The fraction of sp³-hybridized carbons (Fsp3) is 0.829. The first kappa shape index (κ1) is 37.4. The van der Waals surface area contributed by atoms with Gasteiger partial charge in [0.25, 0.3) is 0 Å². The van der Waals surface area contributed by atoms with E-state index in [2.05, 4.69) is 38.2 Å². The van der Waals surface area contributed by atoms with Crippen LogP contribution in [0.1, 0.15) is 181 Å². The van der Waals surface area contributed by atoms with Gasteiger partial charge < -0.3 is 9.84 Å². The molecule has 0 aromatic carbocycles. The van der Waals surface area contributed by atoms with Gasteiger partial charge in [0.05, 0.1) is 0 Å². The first-order valence-electron chi connectivity index (χ1n) is 16.8. The molecule has 0 heterocycles. The van der Waals surface area contributed by atoms with Gasteiger partial charge >= 0.3 is 11.9 Å². The number of aliphatic carboxylic acids is 1. The van der Waals surface area contributed by atoms with Gasteiger partial charge in [-0.2, -0.15) is 0 Å². The van der Waals surface area contributed by atoms with E-state index in [1.165, 1.54) is 96.3 Å². The molecule has 4 nitrogen and oxygen atoms in total. The summed E-state index contributed by atoms with van der Waals surface area (Å²) >= 11 is 0. The highest BCUT2D eigenvalue weighted by atomic mass is 16.5. The predicted octanol–water partition coefficient (Wildman–Crippen LogP) is 11.3. The molecule has 0 rings (SSSR count). The Morgan fingerprint density at radius 2 is 1.08 bits per heavy atom. The monoisotopic (exact) mass is 548 g/mol. The molecule has 1 unspecified atom stereocenters. The molecule has 0 aliphatic carbocycles. The molecule has 39 heavy (non-hydrogen) atoms. The minimum absolute atomic E-state index is 0.0786. The zero-order valence-corrected chi connectivity index (χ0v) is 25.9. The normalized spacial score (nSPS) is 12.5. The molecule has 1 atom stereocenters. The second-order valence-corrected chi connectivity index (χ2v) is 11.4. The average molecular weight is 549 g/mol. The van der Waals surface area contributed by atoms with Crippen molar-refractivity contribution in [1.82, 2.24) is 0 Å². The summed E-state index contributed by atoms with van der Waals surface area (Å²) in [5, 5.41) is 8.79. The Morgan fingerprint density at radius 3 is 1.64 bits per heavy atom. The average Bonchev–Trinajstić information content (AvgIpc) is 2.91. The fourth-order valence-corrected chi connectivity index (χ4v) is 4.90. The molecule has 0 aromatic heterocycles. The maximum Gasteiger partial charge on any atom is 0.306 e. The summed E-state index contributed by atoms with van der Waals surface area (Å²) in [4.78, 5) is 23.2. The van der Waals surface area contributed by atoms with Crippen molar-refractivity contribution < 1.29 is 19.4 Å². The van der Waals surface area contributed by atoms with Crippen molar-refractivity contribution in [2.45, 2.75) is 187 Å². The van der Waals surface area contributed by atoms with Crippen molar-refractivity contribution in [2.75, 3.05) is 0 Å². The summed E-state index contributed by atoms with van der Waals surface area (Å²) in [7, 11) is 0. The Labute approximate surface area is 242 Å². The van der Waals surface area contributed by atoms with E-state index >= 15 is 0 Å². The van der Waals surface area contributed by atoms with Crippen LogP contribution in [0.5, 0.6) is 0 Å². The van der Waals surface area contributed by atoms with E-state index in [4.69, 9.17) is 9.84 Å². The quantitative estimate of drug-likeness (QED) is 0.0550. The van der Waals surface area contributed by atoms with Gasteiger partial charge in [-0.05, 0) is 51.0 Å². The molecule has 0 bridgehead atoms. The molecular formula is C35H64O4. The number of ether oxygens (including phenoxy) is 1. The lowest BCUT2D eigenvalue weighted by Gasteiger charge is -2.14. The van der Waals surface area contributed by atoms with E-state index in [-0.39, 0.29) is 18.5 Å². The molecule has 0 aliphatic rings. The second kappa shape index (κ2) is 31.0. The Hall–Kier alpha value is -1.58. The molecular weight excluding hydrogens is 484 g/mol. The van der Waals surface area contributed by atoms with Crippen molar-refractivity contribution in [3.05, 3.63) is 24.3 Å². The second-order valence-electron chi connectivity index (χ2n) is 11.4. The van der Waals surface area contributed by atoms with Gasteiger partial charge in [0.2, 0.25) is 0 Å². The smallest absolute Gasteiger partial charge is 0.306 e. The van der Waals surface area contributed by atoms with Gasteiger partial charge in [-0.3, -0.25) is 9.59 Å². The maximum atomic E-state index is 12.5. The molecule has 1 N–H and O–H groups in total. The van der Waals surface area contributed by atoms with Gasteiger partial charge in [-0.15, -0.1) is 0 Å². The van der Waals surface area contributed by atoms with E-state index in [1.807, 2.05) is 0 Å². The highest BCUT2D eigenvalue weighted by Gasteiger charge is 2.11. The number of esters is 1. The first-order valence-corrected chi connectivity index (χ1v) is 16.8. The molecule has 0 radical (unpaired) electrons. The van der Waals surface area contributed by atoms with Gasteiger partial charge in [-0.25, -0.2) is 0 Å². The van der Waals surface area contributed by atoms with Crippen molar-refractivity contribution in [3.63, 3.8) is 0 Å². The standard InChI is InChI=1S/C35H64O4/c1-3-5-7-9-11-13-14-15-16-18-20-22-28-32-35(38)39-33(30-26-23-24-27-31-34(36)37)29-25-21-19-17-12-10-8-6-4-2/h17,19,25,29,33H,3-16,18,20-24,26-28,30-32H2,1-2H3,(H,36,37)/b19-17-,29-25-. The third kappa shape index (κ3) is 30.8. The zero-order chi connectivity index (χ0) is 28.7. The highest BCUT2D eigenvalue weighted by molar-refractivity contribution is 5.69. The lowest BCUT2D eigenvalue weighted by molar-refractivity contribution is -0.147. The number of unbranched alkanes of at least 4 members (excludes halogenated alkanes) is 19. The molecule has 0 fully saturated rings. The van der Waals surface area contributed by atoms with Crippen LogP contribution in [0.15, 0.2) is 24.3 Å². The Morgan fingerprint density at radius 1 is 0.590 bits per heavy atom. The van der Waals surface area contributed by atoms with E-state index in [0.717, 1.165) is 57.8 Å². The summed E-state index contributed by atoms with van der Waals surface area (Å²) in [6, 6.07) is 0. The van der Waals surface area contributed by atoms with Crippen LogP contribution >= 0.6 is 0 Å². The number of carboxylic acid groups (broad SMARTS) is 1. The summed E-state index contributed by atoms with van der Waals surface area (Å²) in [5.74, 6) is -0.804. The van der Waals surface area contributed by atoms with E-state index in [1.54, 1.807) is 0 Å². The lowest BCUT2D eigenvalue weighted by Crippen LogP contribution is -2.16. The summed E-state index contributed by atoms with van der Waals surface area (Å²) < 4.78 is 5.83. The topological polar surface area (TPSA) is 63.6 Å². The molecule has 0 aliphatic heterocycles. The van der Waals surface area contributed by atoms with E-state index in [9.17, 15) is 9.59 Å². The van der Waals surface area contributed by atoms with Crippen LogP contribution in [0.4, 0.5) is 0 Å². The minimum Gasteiger partial charge on any atom is -0.481 e. The van der Waals surface area contributed by atoms with Crippen molar-refractivity contribution in [3.8, 4) is 0 Å². The van der Waals surface area contributed by atoms with Crippen LogP contribution in [0.2, 0.25) is 0 Å². The Balaban J connectivity index is 4.09. The highest BCUT2D eigenvalue weighted by Crippen LogP contribution is 2.15. The van der Waals surface area contributed by atoms with Gasteiger partial charge in [0.1, 0.15) is 6.10 Å². The summed E-state index contributed by atoms with van der Waals surface area (Å²) in [6.45, 7) is 4.51. The molecule has 228 valence electrons. The van der Waals surface area contributed by atoms with E-state index in [0.29, 0.717) is 6.42 Å². The van der Waals surface area contributed by atoms with Crippen LogP contribution < -0.4 is 0 Å². The molecule has 0 saturated carbocycles. The third-order valence-electron chi connectivity index (χ3n) is 7.41. The van der Waals surface area contributed by atoms with Crippen LogP contribution in [0.3, 0.4) is 0 Å². The number of hydrogen-bond donors (Lipinski definition) is 1. The van der Waals surface area contributed by atoms with Crippen LogP contribution in [0, 0.1) is 0 Å². The van der Waals surface area contributed by atoms with Crippen LogP contribution in [0.25, 0.3) is 0 Å². The van der Waals surface area contributed by atoms with Crippen LogP contribution in [-0.4, -0.2) is 23.1 Å². The summed E-state index contributed by atoms with van der Waals surface area (Å²) in [6.07, 6.45) is 37.7. The van der Waals surface area contributed by atoms with Crippen molar-refractivity contribution >= 4 is 11.9 Å². The van der Waals surface area contributed by atoms with Crippen molar-refractivity contribution in [1.29, 1.82) is 0 Å². The number of allylic oxidation sites excluding steroid dienone is 3. The molecule has 0 spiro atoms. The maximum absolute atomic E-state index is 12.5. The fourth-order valence-electron chi connectivity index (χ4n) is 4.90. The number of hydrogen-bond acceptors (Lipinski definition) is 3. The van der Waals surface area contributed by atoms with Crippen molar-refractivity contribution in [2.24, 2.45) is 0 Å². The molecule has 0 aromatic rings. The van der Waals surface area contributed by atoms with E-state index < -0.39 is 5.97 Å². The largest absolute Gasteiger partial charge is 0.481 e. The molecule has 4 heteroatoms. The molecule has 0 amide bonds. The first-order chi connectivity index (χ1) is 19.1. The zero-order valence-electron chi connectivity index (χ0n) is 25.9. The van der Waals surface area contributed by atoms with Crippen LogP contribution in [-0.2, 0) is 14.3 Å². The van der Waals surface area contributed by atoms with Gasteiger partial charge in [0.15, 0.2) is 0 Å². The predicted molar refractivity (Wildman–Crippen MR) is 167 cm³/mol. The number of carbonyl (C=O) groups excluding carboxylic acids is 1. The van der Waals surface area contributed by atoms with Gasteiger partial charge in [-0.1, -0.05) is 141 Å². The Kier molecular flexibility index (Phi) is 29.7. The van der Waals surface area contributed by atoms with Gasteiger partial charge in [0, 0.05) is 12.8 Å². The SMILES string of the molecule is CCCCCC/C=C\C/C=C\C(CCCCCCC(=O)O)OC(=O)CCCCCCCCCCCCCCC. The molecule has 0 saturated heterocycles. The minimum atomic E-state index is -0.726. The lowest BCUT2D eigenvalue weighted by atomic mass is 10.0.